The van der Waals surface area contributed by atoms with Crippen molar-refractivity contribution in [3.8, 4) is 0 Å². The maximum atomic E-state index is 9.71. The highest BCUT2D eigenvalue weighted by atomic mass is 32.2. The molecule has 0 saturated carbocycles. The van der Waals surface area contributed by atoms with E-state index in [1.165, 1.54) is 11.8 Å². The fourth-order valence-electron chi connectivity index (χ4n) is 1.22. The number of nitrogens with zero attached hydrogens (tertiary/aromatic N) is 1. The fourth-order valence-corrected chi connectivity index (χ4v) is 1.99. The van der Waals surface area contributed by atoms with Gasteiger partial charge in [0.25, 0.3) is 0 Å². The van der Waals surface area contributed by atoms with Crippen LogP contribution in [0, 0.1) is 0 Å². The maximum absolute atomic E-state index is 9.71. The number of aliphatic hydroxyl groups is 1. The second-order valence-electron chi connectivity index (χ2n) is 3.73. The van der Waals surface area contributed by atoms with Gasteiger partial charge in [0, 0.05) is 19.1 Å². The van der Waals surface area contributed by atoms with Gasteiger partial charge in [-0.3, -0.25) is 0 Å². The van der Waals surface area contributed by atoms with Gasteiger partial charge in [0.15, 0.2) is 0 Å². The molecule has 1 heterocycles. The number of rotatable bonds is 8. The van der Waals surface area contributed by atoms with E-state index in [4.69, 9.17) is 9.47 Å². The summed E-state index contributed by atoms with van der Waals surface area (Å²) < 4.78 is 10.4. The van der Waals surface area contributed by atoms with Crippen molar-refractivity contribution in [1.29, 1.82) is 0 Å². The van der Waals surface area contributed by atoms with Crippen LogP contribution >= 0.6 is 11.8 Å². The van der Waals surface area contributed by atoms with Gasteiger partial charge in [-0.2, -0.15) is 0 Å². The second-order valence-corrected chi connectivity index (χ2v) is 4.77. The topological polar surface area (TPSA) is 51.6 Å². The fraction of sp³-hybridized carbons (Fsp3) is 0.583. The maximum Gasteiger partial charge on any atom is 0.0960 e. The Labute approximate surface area is 106 Å². The summed E-state index contributed by atoms with van der Waals surface area (Å²) >= 11 is 1.52. The monoisotopic (exact) mass is 257 g/mol. The Bertz CT molecular complexity index is 297. The van der Waals surface area contributed by atoms with E-state index in [1.807, 2.05) is 25.1 Å². The molecular formula is C12H19NO3S. The Morgan fingerprint density at radius 3 is 2.88 bits per heavy atom. The molecule has 5 heteroatoms. The van der Waals surface area contributed by atoms with Gasteiger partial charge in [0.05, 0.1) is 30.4 Å². The summed E-state index contributed by atoms with van der Waals surface area (Å²) in [5.74, 6) is 0.580. The minimum atomic E-state index is -0.485. The number of aromatic nitrogens is 1. The molecule has 17 heavy (non-hydrogen) atoms. The Hall–Kier alpha value is -0.620. The lowest BCUT2D eigenvalue weighted by molar-refractivity contribution is -0.0257. The van der Waals surface area contributed by atoms with Gasteiger partial charge in [-0.15, -0.1) is 11.8 Å². The van der Waals surface area contributed by atoms with Crippen molar-refractivity contribution in [3.05, 3.63) is 24.4 Å². The summed E-state index contributed by atoms with van der Waals surface area (Å²) in [4.78, 5) is 4.17. The van der Waals surface area contributed by atoms with Crippen LogP contribution in [0.25, 0.3) is 0 Å². The molecule has 2 unspecified atom stereocenters. The molecule has 1 rings (SSSR count). The van der Waals surface area contributed by atoms with Crippen LogP contribution in [0.1, 0.15) is 6.92 Å². The molecule has 0 aliphatic rings. The molecule has 1 N–H and O–H groups in total. The van der Waals surface area contributed by atoms with Crippen LogP contribution in [0.15, 0.2) is 29.4 Å². The number of ether oxygens (including phenoxy) is 2. The SMILES string of the molecule is COCC(C)OCC(O)CSc1ccccn1. The van der Waals surface area contributed by atoms with E-state index in [0.29, 0.717) is 19.0 Å². The van der Waals surface area contributed by atoms with Crippen molar-refractivity contribution in [2.24, 2.45) is 0 Å². The average Bonchev–Trinajstić information content (AvgIpc) is 2.35. The molecule has 0 aromatic carbocycles. The van der Waals surface area contributed by atoms with Crippen molar-refractivity contribution in [3.63, 3.8) is 0 Å². The number of hydrogen-bond donors (Lipinski definition) is 1. The van der Waals surface area contributed by atoms with Gasteiger partial charge in [0.2, 0.25) is 0 Å². The molecule has 0 aliphatic carbocycles. The molecule has 0 saturated heterocycles. The summed E-state index contributed by atoms with van der Waals surface area (Å²) in [6.07, 6.45) is 1.27. The van der Waals surface area contributed by atoms with E-state index in [1.54, 1.807) is 13.3 Å². The first kappa shape index (κ1) is 14.4. The number of pyridine rings is 1. The molecule has 0 radical (unpaired) electrons. The van der Waals surface area contributed by atoms with Crippen molar-refractivity contribution in [2.45, 2.75) is 24.2 Å². The number of methoxy groups -OCH3 is 1. The predicted molar refractivity (Wildman–Crippen MR) is 68.3 cm³/mol. The van der Waals surface area contributed by atoms with Gasteiger partial charge < -0.3 is 14.6 Å². The van der Waals surface area contributed by atoms with Crippen LogP contribution in [0.2, 0.25) is 0 Å². The van der Waals surface area contributed by atoms with E-state index in [9.17, 15) is 5.11 Å². The van der Waals surface area contributed by atoms with Gasteiger partial charge >= 0.3 is 0 Å². The molecule has 0 fully saturated rings. The van der Waals surface area contributed by atoms with E-state index in [-0.39, 0.29) is 6.10 Å². The average molecular weight is 257 g/mol. The molecule has 0 aliphatic heterocycles. The highest BCUT2D eigenvalue weighted by Gasteiger charge is 2.08. The predicted octanol–water partition coefficient (Wildman–Crippen LogP) is 1.59. The summed E-state index contributed by atoms with van der Waals surface area (Å²) in [6.45, 7) is 2.78. The minimum absolute atomic E-state index is 0.00880. The molecular weight excluding hydrogens is 238 g/mol. The standard InChI is InChI=1S/C12H19NO3S/c1-10(7-15-2)16-8-11(14)9-17-12-5-3-4-6-13-12/h3-6,10-11,14H,7-9H2,1-2H3. The largest absolute Gasteiger partial charge is 0.390 e. The molecule has 0 bridgehead atoms. The van der Waals surface area contributed by atoms with Crippen LogP contribution in [0.3, 0.4) is 0 Å². The van der Waals surface area contributed by atoms with Crippen molar-refractivity contribution in [1.82, 2.24) is 4.98 Å². The summed E-state index contributed by atoms with van der Waals surface area (Å²) in [7, 11) is 1.63. The number of thioether (sulfide) groups is 1. The second kappa shape index (κ2) is 8.47. The van der Waals surface area contributed by atoms with Crippen molar-refractivity contribution >= 4 is 11.8 Å². The van der Waals surface area contributed by atoms with Crippen LogP contribution in [0.4, 0.5) is 0 Å². The number of aliphatic hydroxyl groups excluding tert-OH is 1. The third-order valence-corrected chi connectivity index (χ3v) is 3.12. The van der Waals surface area contributed by atoms with E-state index >= 15 is 0 Å². The zero-order valence-corrected chi connectivity index (χ0v) is 11.0. The first-order valence-corrected chi connectivity index (χ1v) is 6.53. The Balaban J connectivity index is 2.15. The Kier molecular flexibility index (Phi) is 7.19. The van der Waals surface area contributed by atoms with E-state index in [2.05, 4.69) is 4.98 Å². The Morgan fingerprint density at radius 2 is 2.24 bits per heavy atom. The quantitative estimate of drug-likeness (QED) is 0.717. The Morgan fingerprint density at radius 1 is 1.41 bits per heavy atom. The molecule has 0 amide bonds. The van der Waals surface area contributed by atoms with Gasteiger partial charge in [0.1, 0.15) is 0 Å². The smallest absolute Gasteiger partial charge is 0.0960 e. The van der Waals surface area contributed by atoms with Crippen LogP contribution in [0.5, 0.6) is 0 Å². The highest BCUT2D eigenvalue weighted by molar-refractivity contribution is 7.99. The van der Waals surface area contributed by atoms with Crippen molar-refractivity contribution < 1.29 is 14.6 Å². The summed E-state index contributed by atoms with van der Waals surface area (Å²) in [5.41, 5.74) is 0. The van der Waals surface area contributed by atoms with Gasteiger partial charge in [-0.25, -0.2) is 4.98 Å². The van der Waals surface area contributed by atoms with E-state index < -0.39 is 6.10 Å². The lowest BCUT2D eigenvalue weighted by Crippen LogP contribution is -2.24. The van der Waals surface area contributed by atoms with Crippen LogP contribution in [-0.4, -0.2) is 48.4 Å². The van der Waals surface area contributed by atoms with Gasteiger partial charge in [-0.1, -0.05) is 6.07 Å². The lowest BCUT2D eigenvalue weighted by Gasteiger charge is -2.15. The van der Waals surface area contributed by atoms with Gasteiger partial charge in [-0.05, 0) is 19.1 Å². The van der Waals surface area contributed by atoms with Crippen LogP contribution in [-0.2, 0) is 9.47 Å². The molecule has 2 atom stereocenters. The molecule has 96 valence electrons. The minimum Gasteiger partial charge on any atom is -0.390 e. The summed E-state index contributed by atoms with van der Waals surface area (Å²) in [5, 5.41) is 10.6. The molecule has 1 aromatic heterocycles. The van der Waals surface area contributed by atoms with Crippen LogP contribution < -0.4 is 0 Å². The van der Waals surface area contributed by atoms with Crippen molar-refractivity contribution in [2.75, 3.05) is 26.1 Å². The molecule has 0 spiro atoms. The zero-order chi connectivity index (χ0) is 12.5. The third kappa shape index (κ3) is 6.63. The zero-order valence-electron chi connectivity index (χ0n) is 10.2. The highest BCUT2D eigenvalue weighted by Crippen LogP contribution is 2.15. The summed E-state index contributed by atoms with van der Waals surface area (Å²) in [6, 6.07) is 5.72. The van der Waals surface area contributed by atoms with E-state index in [0.717, 1.165) is 5.03 Å². The number of hydrogen-bond acceptors (Lipinski definition) is 5. The lowest BCUT2D eigenvalue weighted by atomic mass is 10.4. The third-order valence-electron chi connectivity index (χ3n) is 2.04. The first-order valence-electron chi connectivity index (χ1n) is 5.54. The first-order chi connectivity index (χ1) is 8.22. The normalized spacial score (nSPS) is 14.5. The molecule has 1 aromatic rings. The molecule has 4 nitrogen and oxygen atoms in total.